The third-order valence-electron chi connectivity index (χ3n) is 1.88. The number of hydrogen-bond donors (Lipinski definition) is 1. The van der Waals surface area contributed by atoms with Crippen molar-refractivity contribution in [2.75, 3.05) is 6.54 Å². The van der Waals surface area contributed by atoms with Crippen molar-refractivity contribution in [3.63, 3.8) is 0 Å². The van der Waals surface area contributed by atoms with Crippen LogP contribution in [-0.4, -0.2) is 18.6 Å². The van der Waals surface area contributed by atoms with E-state index in [1.165, 1.54) is 12.8 Å². The van der Waals surface area contributed by atoms with E-state index in [2.05, 4.69) is 10.6 Å². The highest BCUT2D eigenvalue weighted by atomic mass is 16.1. The number of amides is 1. The molecule has 0 aliphatic carbocycles. The topological polar surface area (TPSA) is 43.2 Å². The van der Waals surface area contributed by atoms with Gasteiger partial charge in [-0.1, -0.05) is 6.92 Å². The Morgan fingerprint density at radius 2 is 2.45 bits per heavy atom. The lowest BCUT2D eigenvalue weighted by atomic mass is 10.1. The number of hydrogen-bond acceptors (Lipinski definition) is 1. The van der Waals surface area contributed by atoms with Gasteiger partial charge in [0, 0.05) is 13.0 Å². The van der Waals surface area contributed by atoms with Gasteiger partial charge in [0.2, 0.25) is 5.91 Å². The largest absolute Gasteiger partial charge is 0.339 e. The molecule has 0 saturated carbocycles. The van der Waals surface area contributed by atoms with E-state index >= 15 is 0 Å². The summed E-state index contributed by atoms with van der Waals surface area (Å²) < 4.78 is 0. The normalized spacial score (nSPS) is 24.6. The molecule has 1 amide bonds. The van der Waals surface area contributed by atoms with Crippen LogP contribution in [-0.2, 0) is 4.79 Å². The molecule has 1 atom stereocenters. The monoisotopic (exact) mass is 155 g/mol. The van der Waals surface area contributed by atoms with Gasteiger partial charge in [-0.2, -0.15) is 0 Å². The van der Waals surface area contributed by atoms with Crippen molar-refractivity contribution in [2.45, 2.75) is 38.8 Å². The van der Waals surface area contributed by atoms with Crippen LogP contribution in [0.25, 0.3) is 0 Å². The van der Waals surface area contributed by atoms with Crippen LogP contribution in [0.5, 0.6) is 0 Å². The number of rotatable bonds is 2. The second kappa shape index (κ2) is 4.34. The van der Waals surface area contributed by atoms with E-state index in [0.717, 1.165) is 13.0 Å². The van der Waals surface area contributed by atoms with Crippen molar-refractivity contribution in [3.05, 3.63) is 0 Å². The van der Waals surface area contributed by atoms with E-state index in [9.17, 15) is 4.79 Å². The Bertz CT molecular complexity index is 130. The molecule has 1 aliphatic rings. The number of carbonyl (C=O) groups excluding carboxylic acids is 1. The fourth-order valence-electron chi connectivity index (χ4n) is 1.19. The summed E-state index contributed by atoms with van der Waals surface area (Å²) in [6, 6.07) is 0. The molecule has 3 nitrogen and oxygen atoms in total. The van der Waals surface area contributed by atoms with E-state index in [1.807, 2.05) is 6.92 Å². The van der Waals surface area contributed by atoms with Gasteiger partial charge < -0.3 is 5.32 Å². The molecule has 0 aromatic carbocycles. The second-order valence-electron chi connectivity index (χ2n) is 2.84. The van der Waals surface area contributed by atoms with Gasteiger partial charge >= 0.3 is 0 Å². The van der Waals surface area contributed by atoms with Crippen molar-refractivity contribution in [1.82, 2.24) is 10.6 Å². The summed E-state index contributed by atoms with van der Waals surface area (Å²) in [5, 5.41) is 7.15. The van der Waals surface area contributed by atoms with Gasteiger partial charge in [-0.3, -0.25) is 4.79 Å². The van der Waals surface area contributed by atoms with E-state index < -0.39 is 0 Å². The first kappa shape index (κ1) is 8.53. The molecule has 1 fully saturated rings. The molecule has 1 unspecified atom stereocenters. The molecule has 1 saturated heterocycles. The highest BCUT2D eigenvalue weighted by molar-refractivity contribution is 5.75. The van der Waals surface area contributed by atoms with Gasteiger partial charge in [-0.05, 0) is 19.3 Å². The smallest absolute Gasteiger partial charge is 0.220 e. The predicted octanol–water partition coefficient (Wildman–Crippen LogP) is 0.627. The Hall–Kier alpha value is -0.570. The van der Waals surface area contributed by atoms with Crippen LogP contribution in [0.4, 0.5) is 0 Å². The SMILES string of the molecule is CCC(=O)NC1CCCC[N]1. The van der Waals surface area contributed by atoms with E-state index in [1.54, 1.807) is 0 Å². The molecule has 1 heterocycles. The molecule has 1 N–H and O–H groups in total. The molecule has 0 aromatic rings. The van der Waals surface area contributed by atoms with E-state index in [-0.39, 0.29) is 12.1 Å². The van der Waals surface area contributed by atoms with Crippen LogP contribution in [0.2, 0.25) is 0 Å². The van der Waals surface area contributed by atoms with Gasteiger partial charge in [0.1, 0.15) is 0 Å². The third kappa shape index (κ3) is 2.89. The summed E-state index contributed by atoms with van der Waals surface area (Å²) in [4.78, 5) is 10.9. The third-order valence-corrected chi connectivity index (χ3v) is 1.88. The summed E-state index contributed by atoms with van der Waals surface area (Å²) in [5.74, 6) is 0.112. The summed E-state index contributed by atoms with van der Waals surface area (Å²) >= 11 is 0. The first-order chi connectivity index (χ1) is 5.33. The van der Waals surface area contributed by atoms with Crippen LogP contribution in [0.1, 0.15) is 32.6 Å². The van der Waals surface area contributed by atoms with Crippen LogP contribution in [0, 0.1) is 0 Å². The lowest BCUT2D eigenvalue weighted by molar-refractivity contribution is -0.121. The van der Waals surface area contributed by atoms with Gasteiger partial charge in [0.05, 0.1) is 6.17 Å². The molecule has 63 valence electrons. The Labute approximate surface area is 67.5 Å². The van der Waals surface area contributed by atoms with Crippen LogP contribution in [0.3, 0.4) is 0 Å². The maximum Gasteiger partial charge on any atom is 0.220 e. The fraction of sp³-hybridized carbons (Fsp3) is 0.875. The molecule has 1 aliphatic heterocycles. The van der Waals surface area contributed by atoms with Crippen LogP contribution >= 0.6 is 0 Å². The number of carbonyl (C=O) groups is 1. The maximum atomic E-state index is 10.9. The Morgan fingerprint density at radius 1 is 1.64 bits per heavy atom. The lowest BCUT2D eigenvalue weighted by Gasteiger charge is -2.22. The Balaban J connectivity index is 2.19. The van der Waals surface area contributed by atoms with Gasteiger partial charge in [0.25, 0.3) is 0 Å². The number of nitrogens with one attached hydrogen (secondary N) is 1. The first-order valence-corrected chi connectivity index (χ1v) is 4.29. The van der Waals surface area contributed by atoms with Crippen molar-refractivity contribution in [1.29, 1.82) is 0 Å². The highest BCUT2D eigenvalue weighted by Crippen LogP contribution is 2.05. The zero-order valence-electron chi connectivity index (χ0n) is 6.97. The van der Waals surface area contributed by atoms with Gasteiger partial charge in [-0.15, -0.1) is 0 Å². The quantitative estimate of drug-likeness (QED) is 0.624. The van der Waals surface area contributed by atoms with Gasteiger partial charge in [0.15, 0.2) is 0 Å². The summed E-state index contributed by atoms with van der Waals surface area (Å²) in [5.41, 5.74) is 0. The van der Waals surface area contributed by atoms with Crippen molar-refractivity contribution in [3.8, 4) is 0 Å². The molecule has 3 heteroatoms. The van der Waals surface area contributed by atoms with Crippen molar-refractivity contribution in [2.24, 2.45) is 0 Å². The molecule has 1 radical (unpaired) electrons. The molecular weight excluding hydrogens is 140 g/mol. The molecule has 0 aromatic heterocycles. The molecule has 0 spiro atoms. The van der Waals surface area contributed by atoms with Crippen LogP contribution < -0.4 is 10.6 Å². The summed E-state index contributed by atoms with van der Waals surface area (Å²) in [6.07, 6.45) is 4.06. The minimum absolute atomic E-state index is 0.108. The van der Waals surface area contributed by atoms with E-state index in [0.29, 0.717) is 6.42 Å². The van der Waals surface area contributed by atoms with Crippen LogP contribution in [0.15, 0.2) is 0 Å². The number of piperidine rings is 1. The van der Waals surface area contributed by atoms with Gasteiger partial charge in [-0.25, -0.2) is 5.32 Å². The summed E-state index contributed by atoms with van der Waals surface area (Å²) in [7, 11) is 0. The standard InChI is InChI=1S/C8H15N2O/c1-2-8(11)10-7-5-3-4-6-9-7/h7H,2-6H2,1H3,(H,10,11). The number of nitrogens with zero attached hydrogens (tertiary/aromatic N) is 1. The zero-order chi connectivity index (χ0) is 8.10. The Morgan fingerprint density at radius 3 is 3.00 bits per heavy atom. The minimum atomic E-state index is 0.108. The highest BCUT2D eigenvalue weighted by Gasteiger charge is 2.14. The molecular formula is C8H15N2O. The average Bonchev–Trinajstić information content (AvgIpc) is 2.06. The predicted molar refractivity (Wildman–Crippen MR) is 43.1 cm³/mol. The second-order valence-corrected chi connectivity index (χ2v) is 2.84. The molecule has 1 rings (SSSR count). The summed E-state index contributed by atoms with van der Waals surface area (Å²) in [6.45, 7) is 2.77. The molecule has 0 bridgehead atoms. The zero-order valence-corrected chi connectivity index (χ0v) is 6.97. The van der Waals surface area contributed by atoms with Crippen molar-refractivity contribution >= 4 is 5.91 Å². The fourth-order valence-corrected chi connectivity index (χ4v) is 1.19. The maximum absolute atomic E-state index is 10.9. The first-order valence-electron chi connectivity index (χ1n) is 4.29. The van der Waals surface area contributed by atoms with Crippen molar-refractivity contribution < 1.29 is 4.79 Å². The minimum Gasteiger partial charge on any atom is -0.339 e. The van der Waals surface area contributed by atoms with E-state index in [4.69, 9.17) is 0 Å². The lowest BCUT2D eigenvalue weighted by Crippen LogP contribution is -2.43. The average molecular weight is 155 g/mol. The Kier molecular flexibility index (Phi) is 3.36. The molecule has 11 heavy (non-hydrogen) atoms.